The molecule has 0 aliphatic carbocycles. The summed E-state index contributed by atoms with van der Waals surface area (Å²) in [5, 5.41) is 11.6. The Bertz CT molecular complexity index is 1100. The van der Waals surface area contributed by atoms with Crippen LogP contribution in [0.1, 0.15) is 142 Å². The number of esters is 2. The van der Waals surface area contributed by atoms with Crippen molar-refractivity contribution < 1.29 is 38.2 Å². The fourth-order valence-electron chi connectivity index (χ4n) is 5.43. The molecule has 2 unspecified atom stereocenters. The van der Waals surface area contributed by atoms with Gasteiger partial charge in [0.05, 0.1) is 40.3 Å². The van der Waals surface area contributed by atoms with Crippen LogP contribution in [0.4, 0.5) is 0 Å². The maximum Gasteiger partial charge on any atom is 0.306 e. The quantitative estimate of drug-likeness (QED) is 0.0276. The average Bonchev–Trinajstić information content (AvgIpc) is 3.11. The Morgan fingerprint density at radius 3 is 1.55 bits per heavy atom. The van der Waals surface area contributed by atoms with Crippen LogP contribution in [-0.4, -0.2) is 75.5 Å². The summed E-state index contributed by atoms with van der Waals surface area (Å²) in [6.45, 7) is 4.44. The van der Waals surface area contributed by atoms with Crippen LogP contribution in [0.25, 0.3) is 0 Å². The number of quaternary nitrogens is 1. The molecule has 0 amide bonds. The molecule has 0 aliphatic rings. The summed E-state index contributed by atoms with van der Waals surface area (Å²) in [5.74, 6) is -1.83. The molecule has 0 saturated heterocycles. The zero-order valence-electron chi connectivity index (χ0n) is 34.2. The van der Waals surface area contributed by atoms with E-state index in [0.717, 1.165) is 64.2 Å². The molecular formula is C45H75NO7. The number of carboxylic acids is 1. The Morgan fingerprint density at radius 1 is 0.585 bits per heavy atom. The highest BCUT2D eigenvalue weighted by molar-refractivity contribution is 5.70. The monoisotopic (exact) mass is 742 g/mol. The summed E-state index contributed by atoms with van der Waals surface area (Å²) in [6.07, 6.45) is 43.7. The summed E-state index contributed by atoms with van der Waals surface area (Å²) < 4.78 is 17.0. The number of carbonyl (C=O) groups excluding carboxylic acids is 3. The van der Waals surface area contributed by atoms with Crippen molar-refractivity contribution in [1.82, 2.24) is 0 Å². The molecule has 0 N–H and O–H groups in total. The molecule has 0 saturated carbocycles. The minimum Gasteiger partial charge on any atom is -0.544 e. The fraction of sp³-hybridized carbons (Fsp3) is 0.667. The molecule has 0 radical (unpaired) electrons. The summed E-state index contributed by atoms with van der Waals surface area (Å²) in [5.41, 5.74) is 0. The van der Waals surface area contributed by atoms with Crippen LogP contribution in [0.5, 0.6) is 0 Å². The van der Waals surface area contributed by atoms with E-state index >= 15 is 0 Å². The normalized spacial score (nSPS) is 13.8. The predicted octanol–water partition coefficient (Wildman–Crippen LogP) is 9.46. The second-order valence-electron chi connectivity index (χ2n) is 14.5. The number of carboxylic acid groups (broad SMARTS) is 1. The maximum atomic E-state index is 12.6. The van der Waals surface area contributed by atoms with Gasteiger partial charge in [0.2, 0.25) is 0 Å². The average molecular weight is 742 g/mol. The van der Waals surface area contributed by atoms with E-state index in [9.17, 15) is 19.5 Å². The lowest BCUT2D eigenvalue weighted by molar-refractivity contribution is -0.889. The van der Waals surface area contributed by atoms with Gasteiger partial charge in [-0.15, -0.1) is 0 Å². The smallest absolute Gasteiger partial charge is 0.306 e. The number of rotatable bonds is 35. The standard InChI is InChI=1S/C45H75NO7/c1-6-8-10-12-14-16-17-18-19-20-21-22-23-24-25-26-28-30-32-34-36-44(48)53-41(39-51-38-37-42(45(49)50)46(3,4)5)40-52-43(47)35-33-31-29-27-15-13-11-9-7-2/h8,10,14,16,18-19,21-22,24-25,28,30,41-42H,6-7,9,11-13,15,17,20,23,26-27,29,31-40H2,1-5H3/b10-8+,16-14+,19-18+,22-21+,25-24+,30-28+. The van der Waals surface area contributed by atoms with Crippen molar-refractivity contribution in [3.05, 3.63) is 72.9 Å². The Balaban J connectivity index is 4.48. The number of unbranched alkanes of at least 4 members (excludes halogenated alkanes) is 9. The fourth-order valence-corrected chi connectivity index (χ4v) is 5.43. The van der Waals surface area contributed by atoms with E-state index in [1.165, 1.54) is 38.5 Å². The first-order valence-corrected chi connectivity index (χ1v) is 20.5. The Kier molecular flexibility index (Phi) is 33.6. The lowest BCUT2D eigenvalue weighted by Crippen LogP contribution is -2.55. The van der Waals surface area contributed by atoms with Crippen molar-refractivity contribution in [3.63, 3.8) is 0 Å². The summed E-state index contributed by atoms with van der Waals surface area (Å²) >= 11 is 0. The maximum absolute atomic E-state index is 12.6. The van der Waals surface area contributed by atoms with Gasteiger partial charge < -0.3 is 28.6 Å². The van der Waals surface area contributed by atoms with Crippen molar-refractivity contribution in [3.8, 4) is 0 Å². The first-order chi connectivity index (χ1) is 25.6. The molecule has 0 aromatic carbocycles. The molecule has 8 nitrogen and oxygen atoms in total. The van der Waals surface area contributed by atoms with Crippen molar-refractivity contribution >= 4 is 17.9 Å². The van der Waals surface area contributed by atoms with Crippen LogP contribution in [0.15, 0.2) is 72.9 Å². The van der Waals surface area contributed by atoms with Crippen LogP contribution in [0.2, 0.25) is 0 Å². The Morgan fingerprint density at radius 2 is 1.06 bits per heavy atom. The molecule has 0 heterocycles. The number of carbonyl (C=O) groups is 3. The van der Waals surface area contributed by atoms with Gasteiger partial charge in [-0.3, -0.25) is 9.59 Å². The topological polar surface area (TPSA) is 102 Å². The number of aliphatic carboxylic acids is 1. The van der Waals surface area contributed by atoms with E-state index in [2.05, 4.69) is 86.8 Å². The van der Waals surface area contributed by atoms with Gasteiger partial charge in [-0.2, -0.15) is 0 Å². The van der Waals surface area contributed by atoms with Gasteiger partial charge in [0.25, 0.3) is 0 Å². The van der Waals surface area contributed by atoms with Gasteiger partial charge in [-0.25, -0.2) is 0 Å². The SMILES string of the molecule is CC/C=C/C/C=C/C/C=C/C/C=C/C/C=C/C/C=C/CCCC(=O)OC(COCCC(C(=O)[O-])[N+](C)(C)C)COC(=O)CCCCCCCCCCC. The van der Waals surface area contributed by atoms with Crippen LogP contribution < -0.4 is 5.11 Å². The molecule has 0 aromatic heterocycles. The third-order valence-electron chi connectivity index (χ3n) is 8.61. The second kappa shape index (κ2) is 35.8. The van der Waals surface area contributed by atoms with E-state index in [-0.39, 0.29) is 49.1 Å². The van der Waals surface area contributed by atoms with E-state index < -0.39 is 18.1 Å². The third-order valence-corrected chi connectivity index (χ3v) is 8.61. The summed E-state index contributed by atoms with van der Waals surface area (Å²) in [4.78, 5) is 36.6. The van der Waals surface area contributed by atoms with Gasteiger partial charge in [0.15, 0.2) is 6.10 Å². The third kappa shape index (κ3) is 34.3. The van der Waals surface area contributed by atoms with E-state index in [0.29, 0.717) is 12.8 Å². The molecule has 0 bridgehead atoms. The van der Waals surface area contributed by atoms with Gasteiger partial charge in [0, 0.05) is 19.3 Å². The van der Waals surface area contributed by atoms with E-state index in [1.807, 2.05) is 0 Å². The molecule has 0 spiro atoms. The van der Waals surface area contributed by atoms with Crippen molar-refractivity contribution in [1.29, 1.82) is 0 Å². The molecule has 53 heavy (non-hydrogen) atoms. The van der Waals surface area contributed by atoms with Crippen LogP contribution in [-0.2, 0) is 28.6 Å². The molecule has 0 aromatic rings. The van der Waals surface area contributed by atoms with Crippen molar-refractivity contribution in [2.24, 2.45) is 0 Å². The number of hydrogen-bond donors (Lipinski definition) is 0. The minimum absolute atomic E-state index is 0.0150. The highest BCUT2D eigenvalue weighted by Gasteiger charge is 2.25. The number of allylic oxidation sites excluding steroid dienone is 12. The first-order valence-electron chi connectivity index (χ1n) is 20.5. The van der Waals surface area contributed by atoms with Gasteiger partial charge in [-0.05, 0) is 57.8 Å². The zero-order chi connectivity index (χ0) is 39.3. The second-order valence-corrected chi connectivity index (χ2v) is 14.5. The number of likely N-dealkylation sites (N-methyl/N-ethyl adjacent to an activating group) is 1. The molecule has 0 rings (SSSR count). The Hall–Kier alpha value is -3.23. The van der Waals surface area contributed by atoms with Crippen LogP contribution >= 0.6 is 0 Å². The van der Waals surface area contributed by atoms with E-state index in [4.69, 9.17) is 14.2 Å². The molecule has 2 atom stereocenters. The van der Waals surface area contributed by atoms with Crippen LogP contribution in [0.3, 0.4) is 0 Å². The number of hydrogen-bond acceptors (Lipinski definition) is 7. The molecule has 0 fully saturated rings. The minimum atomic E-state index is -1.14. The van der Waals surface area contributed by atoms with Crippen molar-refractivity contribution in [2.75, 3.05) is 41.0 Å². The lowest BCUT2D eigenvalue weighted by atomic mass is 10.1. The van der Waals surface area contributed by atoms with Gasteiger partial charge >= 0.3 is 11.9 Å². The lowest BCUT2D eigenvalue weighted by Gasteiger charge is -2.34. The molecule has 8 heteroatoms. The highest BCUT2D eigenvalue weighted by Crippen LogP contribution is 2.12. The van der Waals surface area contributed by atoms with Gasteiger partial charge in [-0.1, -0.05) is 138 Å². The van der Waals surface area contributed by atoms with Crippen LogP contribution in [0, 0.1) is 0 Å². The molecule has 0 aliphatic heterocycles. The number of nitrogens with zero attached hydrogens (tertiary/aromatic N) is 1. The predicted molar refractivity (Wildman–Crippen MR) is 217 cm³/mol. The summed E-state index contributed by atoms with van der Waals surface area (Å²) in [7, 11) is 5.37. The summed E-state index contributed by atoms with van der Waals surface area (Å²) in [6, 6.07) is -0.737. The first kappa shape index (κ1) is 49.8. The largest absolute Gasteiger partial charge is 0.544 e. The van der Waals surface area contributed by atoms with Crippen molar-refractivity contribution in [2.45, 2.75) is 154 Å². The zero-order valence-corrected chi connectivity index (χ0v) is 34.2. The highest BCUT2D eigenvalue weighted by atomic mass is 16.6. The molecular weight excluding hydrogens is 666 g/mol. The Labute approximate surface area is 323 Å². The number of ether oxygens (including phenoxy) is 3. The van der Waals surface area contributed by atoms with E-state index in [1.54, 1.807) is 21.1 Å². The van der Waals surface area contributed by atoms with Gasteiger partial charge in [0.1, 0.15) is 12.6 Å². The molecule has 302 valence electrons.